The fourth-order valence-electron chi connectivity index (χ4n) is 2.16. The van der Waals surface area contributed by atoms with Crippen LogP contribution in [0.3, 0.4) is 0 Å². The number of rotatable bonds is 5. The third kappa shape index (κ3) is 3.63. The number of benzene rings is 2. The van der Waals surface area contributed by atoms with Gasteiger partial charge in [-0.3, -0.25) is 0 Å². The summed E-state index contributed by atoms with van der Waals surface area (Å²) in [5.74, 6) is 1.62. The summed E-state index contributed by atoms with van der Waals surface area (Å²) in [5.41, 5.74) is 0.824. The second-order valence-corrected chi connectivity index (χ2v) is 5.24. The largest absolute Gasteiger partial charge is 0.497 e. The fourth-order valence-corrected chi connectivity index (χ4v) is 2.38. The molecule has 0 amide bonds. The van der Waals surface area contributed by atoms with Crippen molar-refractivity contribution in [2.75, 3.05) is 7.11 Å². The second kappa shape index (κ2) is 6.71. The summed E-state index contributed by atoms with van der Waals surface area (Å²) >= 11 is 6.11. The van der Waals surface area contributed by atoms with Gasteiger partial charge in [0.05, 0.1) is 12.8 Å². The highest BCUT2D eigenvalue weighted by Crippen LogP contribution is 2.24. The second-order valence-electron chi connectivity index (χ2n) is 4.81. The Morgan fingerprint density at radius 1 is 1.13 bits per heavy atom. The third-order valence-electron chi connectivity index (χ3n) is 3.27. The van der Waals surface area contributed by atoms with Gasteiger partial charge in [0, 0.05) is 23.5 Å². The first-order chi connectivity index (χ1) is 11.2. The van der Waals surface area contributed by atoms with Crippen LogP contribution in [0, 0.1) is 5.82 Å². The average Bonchev–Trinajstić information content (AvgIpc) is 3.02. The van der Waals surface area contributed by atoms with Crippen LogP contribution in [0.5, 0.6) is 11.5 Å². The Bertz CT molecular complexity index is 803. The molecular formula is C17H14ClFN2O2. The fraction of sp³-hybridized carbons (Fsp3) is 0.118. The van der Waals surface area contributed by atoms with Crippen molar-refractivity contribution >= 4 is 11.6 Å². The molecule has 4 nitrogen and oxygen atoms in total. The molecule has 0 radical (unpaired) electrons. The Morgan fingerprint density at radius 3 is 2.65 bits per heavy atom. The van der Waals surface area contributed by atoms with Gasteiger partial charge < -0.3 is 14.0 Å². The molecule has 6 heteroatoms. The minimum atomic E-state index is -0.301. The molecule has 0 saturated heterocycles. The first kappa shape index (κ1) is 15.4. The zero-order valence-electron chi connectivity index (χ0n) is 12.4. The Morgan fingerprint density at radius 2 is 1.91 bits per heavy atom. The third-order valence-corrected chi connectivity index (χ3v) is 3.49. The number of imidazole rings is 1. The lowest BCUT2D eigenvalue weighted by Gasteiger charge is -2.11. The Labute approximate surface area is 138 Å². The minimum Gasteiger partial charge on any atom is -0.497 e. The Balaban J connectivity index is 1.82. The molecule has 0 unspecified atom stereocenters. The van der Waals surface area contributed by atoms with E-state index in [1.807, 2.05) is 22.9 Å². The molecule has 0 aliphatic rings. The van der Waals surface area contributed by atoms with Gasteiger partial charge in [-0.25, -0.2) is 9.37 Å². The van der Waals surface area contributed by atoms with Gasteiger partial charge in [-0.15, -0.1) is 0 Å². The number of ether oxygens (including phenoxy) is 2. The molecule has 1 aromatic heterocycles. The van der Waals surface area contributed by atoms with Gasteiger partial charge in [0.1, 0.15) is 23.9 Å². The van der Waals surface area contributed by atoms with E-state index in [0.717, 1.165) is 5.69 Å². The predicted octanol–water partition coefficient (Wildman–Crippen LogP) is 4.25. The lowest BCUT2D eigenvalue weighted by molar-refractivity contribution is 0.293. The van der Waals surface area contributed by atoms with Crippen LogP contribution in [0.4, 0.5) is 4.39 Å². The Hall–Kier alpha value is -2.53. The highest BCUT2D eigenvalue weighted by molar-refractivity contribution is 6.30. The summed E-state index contributed by atoms with van der Waals surface area (Å²) in [7, 11) is 1.59. The SMILES string of the molecule is COc1cc(Cl)cc(-n2ccnc2COc2ccc(F)cc2)c1. The summed E-state index contributed by atoms with van der Waals surface area (Å²) in [6, 6.07) is 11.3. The topological polar surface area (TPSA) is 36.3 Å². The van der Waals surface area contributed by atoms with E-state index < -0.39 is 0 Å². The lowest BCUT2D eigenvalue weighted by atomic mass is 10.3. The molecule has 1 heterocycles. The zero-order valence-corrected chi connectivity index (χ0v) is 13.1. The van der Waals surface area contributed by atoms with Crippen LogP contribution in [0.15, 0.2) is 54.9 Å². The number of hydrogen-bond acceptors (Lipinski definition) is 3. The molecule has 0 atom stereocenters. The van der Waals surface area contributed by atoms with Gasteiger partial charge in [0.2, 0.25) is 0 Å². The quantitative estimate of drug-likeness (QED) is 0.700. The molecule has 0 aliphatic heterocycles. The summed E-state index contributed by atoms with van der Waals surface area (Å²) in [5, 5.41) is 0.568. The van der Waals surface area contributed by atoms with Crippen molar-refractivity contribution in [3.05, 3.63) is 71.5 Å². The maximum Gasteiger partial charge on any atom is 0.151 e. The molecule has 0 fully saturated rings. The van der Waals surface area contributed by atoms with Crippen molar-refractivity contribution < 1.29 is 13.9 Å². The first-order valence-electron chi connectivity index (χ1n) is 6.91. The average molecular weight is 333 g/mol. The number of halogens is 2. The van der Waals surface area contributed by atoms with Crippen LogP contribution in [0.2, 0.25) is 5.02 Å². The predicted molar refractivity (Wildman–Crippen MR) is 85.9 cm³/mol. The standard InChI is InChI=1S/C17H14ClFN2O2/c1-22-16-9-12(18)8-14(10-16)21-7-6-20-17(21)11-23-15-4-2-13(19)3-5-15/h2-10H,11H2,1H3. The van der Waals surface area contributed by atoms with Gasteiger partial charge in [-0.2, -0.15) is 0 Å². The molecule has 23 heavy (non-hydrogen) atoms. The van der Waals surface area contributed by atoms with E-state index in [4.69, 9.17) is 21.1 Å². The molecule has 0 bridgehead atoms. The molecule has 3 aromatic rings. The summed E-state index contributed by atoms with van der Waals surface area (Å²) in [6.07, 6.45) is 3.49. The molecule has 0 aliphatic carbocycles. The molecule has 0 saturated carbocycles. The van der Waals surface area contributed by atoms with E-state index in [1.54, 1.807) is 31.5 Å². The van der Waals surface area contributed by atoms with Gasteiger partial charge >= 0.3 is 0 Å². The van der Waals surface area contributed by atoms with E-state index in [-0.39, 0.29) is 12.4 Å². The van der Waals surface area contributed by atoms with E-state index in [9.17, 15) is 4.39 Å². The summed E-state index contributed by atoms with van der Waals surface area (Å²) in [6.45, 7) is 0.244. The van der Waals surface area contributed by atoms with Crippen LogP contribution in [-0.4, -0.2) is 16.7 Å². The van der Waals surface area contributed by atoms with Gasteiger partial charge in [-0.05, 0) is 36.4 Å². The maximum absolute atomic E-state index is 12.9. The highest BCUT2D eigenvalue weighted by atomic mass is 35.5. The normalized spacial score (nSPS) is 10.6. The number of hydrogen-bond donors (Lipinski definition) is 0. The zero-order chi connectivity index (χ0) is 16.2. The van der Waals surface area contributed by atoms with Crippen LogP contribution in [0.25, 0.3) is 5.69 Å². The van der Waals surface area contributed by atoms with Crippen molar-refractivity contribution in [2.45, 2.75) is 6.61 Å². The molecule has 2 aromatic carbocycles. The summed E-state index contributed by atoms with van der Waals surface area (Å²) < 4.78 is 25.6. The maximum atomic E-state index is 12.9. The first-order valence-corrected chi connectivity index (χ1v) is 7.29. The molecule has 3 rings (SSSR count). The number of methoxy groups -OCH3 is 1. The van der Waals surface area contributed by atoms with Crippen LogP contribution in [-0.2, 0) is 6.61 Å². The van der Waals surface area contributed by atoms with Crippen LogP contribution >= 0.6 is 11.6 Å². The lowest BCUT2D eigenvalue weighted by Crippen LogP contribution is -2.05. The van der Waals surface area contributed by atoms with Crippen molar-refractivity contribution in [1.82, 2.24) is 9.55 Å². The van der Waals surface area contributed by atoms with Crippen LogP contribution < -0.4 is 9.47 Å². The minimum absolute atomic E-state index is 0.244. The van der Waals surface area contributed by atoms with E-state index in [0.29, 0.717) is 22.3 Å². The summed E-state index contributed by atoms with van der Waals surface area (Å²) in [4.78, 5) is 4.29. The highest BCUT2D eigenvalue weighted by Gasteiger charge is 2.08. The van der Waals surface area contributed by atoms with Crippen molar-refractivity contribution in [3.8, 4) is 17.2 Å². The van der Waals surface area contributed by atoms with Crippen LogP contribution in [0.1, 0.15) is 5.82 Å². The van der Waals surface area contributed by atoms with Crippen molar-refractivity contribution in [3.63, 3.8) is 0 Å². The van der Waals surface area contributed by atoms with E-state index >= 15 is 0 Å². The van der Waals surface area contributed by atoms with Gasteiger partial charge in [-0.1, -0.05) is 11.6 Å². The van der Waals surface area contributed by atoms with Gasteiger partial charge in [0.15, 0.2) is 5.82 Å². The van der Waals surface area contributed by atoms with E-state index in [1.165, 1.54) is 12.1 Å². The molecule has 0 N–H and O–H groups in total. The van der Waals surface area contributed by atoms with Crippen molar-refractivity contribution in [1.29, 1.82) is 0 Å². The number of aromatic nitrogens is 2. The van der Waals surface area contributed by atoms with Crippen molar-refractivity contribution in [2.24, 2.45) is 0 Å². The van der Waals surface area contributed by atoms with Gasteiger partial charge in [0.25, 0.3) is 0 Å². The Kier molecular flexibility index (Phi) is 4.48. The van der Waals surface area contributed by atoms with E-state index in [2.05, 4.69) is 4.98 Å². The molecule has 0 spiro atoms. The number of nitrogens with zero attached hydrogens (tertiary/aromatic N) is 2. The monoisotopic (exact) mass is 332 g/mol. The molecule has 118 valence electrons. The molecular weight excluding hydrogens is 319 g/mol. The smallest absolute Gasteiger partial charge is 0.151 e.